The topological polar surface area (TPSA) is 27.1 Å². The van der Waals surface area contributed by atoms with Crippen molar-refractivity contribution >= 4 is 22.6 Å². The summed E-state index contributed by atoms with van der Waals surface area (Å²) >= 11 is 6.04. The molecule has 0 aliphatic rings. The van der Waals surface area contributed by atoms with Gasteiger partial charge in [0, 0.05) is 12.1 Å². The molecular formula is C15H21ClN2O. The molecule has 0 saturated carbocycles. The van der Waals surface area contributed by atoms with E-state index in [-0.39, 0.29) is 0 Å². The minimum absolute atomic E-state index is 0.396. The highest BCUT2D eigenvalue weighted by molar-refractivity contribution is 6.16. The Bertz CT molecular complexity index is 563. The van der Waals surface area contributed by atoms with Crippen LogP contribution in [0.1, 0.15) is 39.1 Å². The second-order valence-electron chi connectivity index (χ2n) is 5.36. The number of alkyl halides is 1. The molecule has 1 unspecified atom stereocenters. The first kappa shape index (κ1) is 14.2. The van der Waals surface area contributed by atoms with Gasteiger partial charge in [0.2, 0.25) is 0 Å². The molecule has 19 heavy (non-hydrogen) atoms. The Morgan fingerprint density at radius 3 is 2.63 bits per heavy atom. The Morgan fingerprint density at radius 1 is 1.32 bits per heavy atom. The molecule has 1 atom stereocenters. The first-order valence-corrected chi connectivity index (χ1v) is 7.21. The van der Waals surface area contributed by atoms with Crippen LogP contribution in [0.4, 0.5) is 0 Å². The average Bonchev–Trinajstić information content (AvgIpc) is 2.74. The molecule has 1 heterocycles. The molecule has 1 aromatic heterocycles. The Labute approximate surface area is 119 Å². The van der Waals surface area contributed by atoms with Crippen molar-refractivity contribution in [2.45, 2.75) is 39.1 Å². The number of fused-ring (bicyclic) bond motifs is 1. The maximum atomic E-state index is 6.04. The monoisotopic (exact) mass is 280 g/mol. The minimum Gasteiger partial charge on any atom is -0.497 e. The molecule has 0 saturated heterocycles. The van der Waals surface area contributed by atoms with Crippen LogP contribution in [-0.2, 0) is 5.88 Å². The fraction of sp³-hybridized carbons (Fsp3) is 0.533. The molecule has 0 radical (unpaired) electrons. The predicted octanol–water partition coefficient (Wildman–Crippen LogP) is 4.39. The standard InChI is InChI=1S/C15H21ClN2O/c1-10(2)7-11(3)18-14-6-5-12(19-4)8-13(14)17-15(18)9-16/h5-6,8,10-11H,7,9H2,1-4H3. The van der Waals surface area contributed by atoms with Gasteiger partial charge < -0.3 is 9.30 Å². The van der Waals surface area contributed by atoms with Crippen molar-refractivity contribution in [1.82, 2.24) is 9.55 Å². The van der Waals surface area contributed by atoms with Gasteiger partial charge in [-0.3, -0.25) is 0 Å². The quantitative estimate of drug-likeness (QED) is 0.760. The second-order valence-corrected chi connectivity index (χ2v) is 5.63. The molecule has 2 aromatic rings. The van der Waals surface area contributed by atoms with E-state index in [0.717, 1.165) is 29.0 Å². The number of halogens is 1. The molecule has 3 nitrogen and oxygen atoms in total. The fourth-order valence-electron chi connectivity index (χ4n) is 2.63. The van der Waals surface area contributed by atoms with Crippen LogP contribution >= 0.6 is 11.6 Å². The molecule has 0 N–H and O–H groups in total. The average molecular weight is 281 g/mol. The Morgan fingerprint density at radius 2 is 2.05 bits per heavy atom. The number of aromatic nitrogens is 2. The lowest BCUT2D eigenvalue weighted by Gasteiger charge is -2.19. The lowest BCUT2D eigenvalue weighted by molar-refractivity contribution is 0.415. The van der Waals surface area contributed by atoms with Crippen LogP contribution in [0.25, 0.3) is 11.0 Å². The summed E-state index contributed by atoms with van der Waals surface area (Å²) in [5, 5.41) is 0. The van der Waals surface area contributed by atoms with E-state index >= 15 is 0 Å². The molecular weight excluding hydrogens is 260 g/mol. The molecule has 0 aliphatic heterocycles. The summed E-state index contributed by atoms with van der Waals surface area (Å²) in [6, 6.07) is 6.39. The summed E-state index contributed by atoms with van der Waals surface area (Å²) in [7, 11) is 1.67. The van der Waals surface area contributed by atoms with Crippen LogP contribution < -0.4 is 4.74 Å². The first-order chi connectivity index (χ1) is 9.06. The number of nitrogens with zero attached hydrogens (tertiary/aromatic N) is 2. The molecule has 0 spiro atoms. The zero-order chi connectivity index (χ0) is 14.0. The van der Waals surface area contributed by atoms with Gasteiger partial charge >= 0.3 is 0 Å². The summed E-state index contributed by atoms with van der Waals surface area (Å²) in [6.45, 7) is 6.69. The largest absolute Gasteiger partial charge is 0.497 e. The molecule has 2 rings (SSSR count). The van der Waals surface area contributed by atoms with Crippen LogP contribution in [0.5, 0.6) is 5.75 Å². The molecule has 0 aliphatic carbocycles. The van der Waals surface area contributed by atoms with Crippen molar-refractivity contribution in [3.8, 4) is 5.75 Å². The smallest absolute Gasteiger partial charge is 0.125 e. The van der Waals surface area contributed by atoms with Crippen molar-refractivity contribution in [2.75, 3.05) is 7.11 Å². The van der Waals surface area contributed by atoms with E-state index in [4.69, 9.17) is 16.3 Å². The Balaban J connectivity index is 2.51. The normalized spacial score (nSPS) is 13.2. The van der Waals surface area contributed by atoms with Crippen LogP contribution in [0.2, 0.25) is 0 Å². The van der Waals surface area contributed by atoms with Gasteiger partial charge in [0.1, 0.15) is 11.6 Å². The van der Waals surface area contributed by atoms with Crippen molar-refractivity contribution in [1.29, 1.82) is 0 Å². The third-order valence-electron chi connectivity index (χ3n) is 3.34. The summed E-state index contributed by atoms with van der Waals surface area (Å²) in [6.07, 6.45) is 1.11. The molecule has 4 heteroatoms. The molecule has 0 amide bonds. The molecule has 0 bridgehead atoms. The highest BCUT2D eigenvalue weighted by Gasteiger charge is 2.16. The summed E-state index contributed by atoms with van der Waals surface area (Å²) in [5.41, 5.74) is 2.08. The van der Waals surface area contributed by atoms with Gasteiger partial charge in [-0.05, 0) is 31.4 Å². The van der Waals surface area contributed by atoms with Gasteiger partial charge in [0.15, 0.2) is 0 Å². The van der Waals surface area contributed by atoms with Gasteiger partial charge in [-0.15, -0.1) is 11.6 Å². The van der Waals surface area contributed by atoms with Gasteiger partial charge in [0.05, 0.1) is 24.0 Å². The summed E-state index contributed by atoms with van der Waals surface area (Å²) < 4.78 is 7.50. The number of hydrogen-bond donors (Lipinski definition) is 0. The third-order valence-corrected chi connectivity index (χ3v) is 3.58. The van der Waals surface area contributed by atoms with E-state index in [1.807, 2.05) is 12.1 Å². The van der Waals surface area contributed by atoms with Gasteiger partial charge in [-0.1, -0.05) is 13.8 Å². The fourth-order valence-corrected chi connectivity index (χ4v) is 2.82. The van der Waals surface area contributed by atoms with Crippen molar-refractivity contribution in [3.63, 3.8) is 0 Å². The van der Waals surface area contributed by atoms with Gasteiger partial charge in [-0.25, -0.2) is 4.98 Å². The SMILES string of the molecule is COc1ccc2c(c1)nc(CCl)n2C(C)CC(C)C. The van der Waals surface area contributed by atoms with E-state index in [0.29, 0.717) is 17.8 Å². The van der Waals surface area contributed by atoms with Gasteiger partial charge in [-0.2, -0.15) is 0 Å². The number of benzene rings is 1. The molecule has 104 valence electrons. The van der Waals surface area contributed by atoms with Crippen LogP contribution in [0, 0.1) is 5.92 Å². The Kier molecular flexibility index (Phi) is 4.35. The maximum absolute atomic E-state index is 6.04. The number of rotatable bonds is 5. The third kappa shape index (κ3) is 2.86. The number of hydrogen-bond acceptors (Lipinski definition) is 2. The minimum atomic E-state index is 0.396. The summed E-state index contributed by atoms with van der Waals surface area (Å²) in [5.74, 6) is 2.83. The number of imidazole rings is 1. The predicted molar refractivity (Wildman–Crippen MR) is 80.0 cm³/mol. The first-order valence-electron chi connectivity index (χ1n) is 6.67. The van der Waals surface area contributed by atoms with Crippen molar-refractivity contribution in [2.24, 2.45) is 5.92 Å². The van der Waals surface area contributed by atoms with E-state index < -0.39 is 0 Å². The van der Waals surface area contributed by atoms with Crippen molar-refractivity contribution < 1.29 is 4.74 Å². The number of methoxy groups -OCH3 is 1. The lowest BCUT2D eigenvalue weighted by Crippen LogP contribution is -2.10. The van der Waals surface area contributed by atoms with Crippen LogP contribution in [-0.4, -0.2) is 16.7 Å². The molecule has 1 aromatic carbocycles. The molecule has 0 fully saturated rings. The second kappa shape index (κ2) is 5.83. The van der Waals surface area contributed by atoms with E-state index in [2.05, 4.69) is 36.4 Å². The van der Waals surface area contributed by atoms with Crippen molar-refractivity contribution in [3.05, 3.63) is 24.0 Å². The van der Waals surface area contributed by atoms with E-state index in [9.17, 15) is 0 Å². The highest BCUT2D eigenvalue weighted by atomic mass is 35.5. The highest BCUT2D eigenvalue weighted by Crippen LogP contribution is 2.28. The summed E-state index contributed by atoms with van der Waals surface area (Å²) in [4.78, 5) is 4.62. The lowest BCUT2D eigenvalue weighted by atomic mass is 10.0. The van der Waals surface area contributed by atoms with Crippen LogP contribution in [0.3, 0.4) is 0 Å². The zero-order valence-electron chi connectivity index (χ0n) is 12.0. The zero-order valence-corrected chi connectivity index (χ0v) is 12.7. The van der Waals surface area contributed by atoms with Crippen LogP contribution in [0.15, 0.2) is 18.2 Å². The Hall–Kier alpha value is -1.22. The maximum Gasteiger partial charge on any atom is 0.125 e. The van der Waals surface area contributed by atoms with E-state index in [1.165, 1.54) is 0 Å². The number of ether oxygens (including phenoxy) is 1. The van der Waals surface area contributed by atoms with Gasteiger partial charge in [0.25, 0.3) is 0 Å². The van der Waals surface area contributed by atoms with E-state index in [1.54, 1.807) is 7.11 Å².